The Kier molecular flexibility index (Phi) is 4.96. The Balaban J connectivity index is 1.91. The molecule has 2 N–H and O–H groups in total. The Labute approximate surface area is 131 Å². The highest BCUT2D eigenvalue weighted by Gasteiger charge is 2.02. The Morgan fingerprint density at radius 2 is 1.95 bits per heavy atom. The zero-order chi connectivity index (χ0) is 15.2. The summed E-state index contributed by atoms with van der Waals surface area (Å²) in [6.45, 7) is 0.727. The van der Waals surface area contributed by atoms with E-state index in [2.05, 4.69) is 27.3 Å². The number of hydrogen-bond acceptors (Lipinski definition) is 3. The lowest BCUT2D eigenvalue weighted by Crippen LogP contribution is -2.05. The average molecular weight is 345 g/mol. The molecule has 0 bridgehead atoms. The molecule has 0 atom stereocenters. The summed E-state index contributed by atoms with van der Waals surface area (Å²) >= 11 is 3.35. The van der Waals surface area contributed by atoms with E-state index in [1.807, 2.05) is 24.3 Å². The third-order valence-corrected chi connectivity index (χ3v) is 3.69. The second kappa shape index (κ2) is 6.91. The lowest BCUT2D eigenvalue weighted by molar-refractivity contribution is 0.0697. The van der Waals surface area contributed by atoms with Gasteiger partial charge in [-0.1, -0.05) is 12.1 Å². The van der Waals surface area contributed by atoms with Crippen LogP contribution in [0.25, 0.3) is 0 Å². The molecule has 0 aliphatic carbocycles. The lowest BCUT2D eigenvalue weighted by Gasteiger charge is -2.08. The first-order valence-corrected chi connectivity index (χ1v) is 7.15. The Morgan fingerprint density at radius 3 is 2.52 bits per heavy atom. The maximum absolute atomic E-state index is 10.8. The van der Waals surface area contributed by atoms with Crippen molar-refractivity contribution in [1.29, 1.82) is 5.26 Å². The second-order valence-electron chi connectivity index (χ2n) is 4.49. The molecule has 21 heavy (non-hydrogen) atoms. The number of carboxylic acids is 1. The predicted octanol–water partition coefficient (Wildman–Crippen LogP) is 3.67. The van der Waals surface area contributed by atoms with Gasteiger partial charge in [0.1, 0.15) is 6.07 Å². The zero-order valence-electron chi connectivity index (χ0n) is 11.1. The minimum absolute atomic E-state index is 0.294. The number of halogens is 1. The first kappa shape index (κ1) is 15.1. The molecule has 0 radical (unpaired) electrons. The molecule has 0 amide bonds. The van der Waals surface area contributed by atoms with Crippen LogP contribution in [-0.2, 0) is 6.42 Å². The highest BCUT2D eigenvalue weighted by molar-refractivity contribution is 9.10. The van der Waals surface area contributed by atoms with Crippen LogP contribution < -0.4 is 5.32 Å². The van der Waals surface area contributed by atoms with E-state index in [9.17, 15) is 4.79 Å². The van der Waals surface area contributed by atoms with Crippen molar-refractivity contribution >= 4 is 27.6 Å². The molecule has 0 unspecified atom stereocenters. The Bertz CT molecular complexity index is 690. The minimum atomic E-state index is -0.915. The number of nitrogens with one attached hydrogen (secondary N) is 1. The number of benzene rings is 2. The van der Waals surface area contributed by atoms with Crippen molar-refractivity contribution in [3.05, 3.63) is 63.6 Å². The molecule has 0 aromatic heterocycles. The second-order valence-corrected chi connectivity index (χ2v) is 5.34. The number of rotatable bonds is 5. The minimum Gasteiger partial charge on any atom is -0.478 e. The van der Waals surface area contributed by atoms with Gasteiger partial charge in [0.05, 0.1) is 11.1 Å². The first-order chi connectivity index (χ1) is 10.1. The SMILES string of the molecule is N#Cc1ccc(NCCc2ccc(C(=O)O)cc2)cc1Br. The molecule has 106 valence electrons. The summed E-state index contributed by atoms with van der Waals surface area (Å²) in [5.41, 5.74) is 2.90. The molecular weight excluding hydrogens is 332 g/mol. The number of anilines is 1. The maximum atomic E-state index is 10.8. The van der Waals surface area contributed by atoms with Gasteiger partial charge in [0, 0.05) is 16.7 Å². The van der Waals surface area contributed by atoms with E-state index < -0.39 is 5.97 Å². The quantitative estimate of drug-likeness (QED) is 0.867. The Hall–Kier alpha value is -2.32. The van der Waals surface area contributed by atoms with E-state index in [0.717, 1.165) is 28.7 Å². The molecule has 4 nitrogen and oxygen atoms in total. The smallest absolute Gasteiger partial charge is 0.335 e. The molecule has 2 aromatic carbocycles. The molecule has 0 fully saturated rings. The van der Waals surface area contributed by atoms with E-state index >= 15 is 0 Å². The van der Waals surface area contributed by atoms with Gasteiger partial charge in [0.2, 0.25) is 0 Å². The van der Waals surface area contributed by atoms with E-state index in [0.29, 0.717) is 11.1 Å². The van der Waals surface area contributed by atoms with Gasteiger partial charge in [-0.15, -0.1) is 0 Å². The van der Waals surface area contributed by atoms with E-state index in [1.54, 1.807) is 18.2 Å². The normalized spacial score (nSPS) is 9.90. The van der Waals surface area contributed by atoms with Crippen molar-refractivity contribution in [3.63, 3.8) is 0 Å². The molecular formula is C16H13BrN2O2. The average Bonchev–Trinajstić information content (AvgIpc) is 2.48. The number of hydrogen-bond donors (Lipinski definition) is 2. The van der Waals surface area contributed by atoms with Crippen molar-refractivity contribution in [1.82, 2.24) is 0 Å². The fourth-order valence-corrected chi connectivity index (χ4v) is 2.35. The van der Waals surface area contributed by atoms with Crippen molar-refractivity contribution < 1.29 is 9.90 Å². The molecule has 0 aliphatic rings. The molecule has 5 heteroatoms. The largest absolute Gasteiger partial charge is 0.478 e. The lowest BCUT2D eigenvalue weighted by atomic mass is 10.1. The van der Waals surface area contributed by atoms with Gasteiger partial charge < -0.3 is 10.4 Å². The summed E-state index contributed by atoms with van der Waals surface area (Å²) in [5.74, 6) is -0.915. The van der Waals surface area contributed by atoms with Crippen LogP contribution in [0.3, 0.4) is 0 Å². The van der Waals surface area contributed by atoms with Crippen LogP contribution in [0.4, 0.5) is 5.69 Å². The van der Waals surface area contributed by atoms with Crippen LogP contribution in [0.2, 0.25) is 0 Å². The van der Waals surface area contributed by atoms with Crippen molar-refractivity contribution in [2.75, 3.05) is 11.9 Å². The van der Waals surface area contributed by atoms with Gasteiger partial charge in [-0.05, 0) is 58.2 Å². The third kappa shape index (κ3) is 4.07. The fourth-order valence-electron chi connectivity index (χ4n) is 1.88. The predicted molar refractivity (Wildman–Crippen MR) is 84.5 cm³/mol. The van der Waals surface area contributed by atoms with Crippen LogP contribution in [-0.4, -0.2) is 17.6 Å². The van der Waals surface area contributed by atoms with Gasteiger partial charge >= 0.3 is 5.97 Å². The van der Waals surface area contributed by atoms with Gasteiger partial charge in [-0.2, -0.15) is 5.26 Å². The summed E-state index contributed by atoms with van der Waals surface area (Å²) in [4.78, 5) is 10.8. The standard InChI is InChI=1S/C16H13BrN2O2/c17-15-9-14(6-5-13(15)10-18)19-8-7-11-1-3-12(4-2-11)16(20)21/h1-6,9,19H,7-8H2,(H,20,21). The molecule has 2 rings (SSSR count). The highest BCUT2D eigenvalue weighted by atomic mass is 79.9. The van der Waals surface area contributed by atoms with Crippen molar-refractivity contribution in [2.45, 2.75) is 6.42 Å². The van der Waals surface area contributed by atoms with Crippen LogP contribution in [0.1, 0.15) is 21.5 Å². The van der Waals surface area contributed by atoms with Crippen LogP contribution in [0.5, 0.6) is 0 Å². The highest BCUT2D eigenvalue weighted by Crippen LogP contribution is 2.20. The van der Waals surface area contributed by atoms with Crippen molar-refractivity contribution in [2.24, 2.45) is 0 Å². The molecule has 0 saturated heterocycles. The Morgan fingerprint density at radius 1 is 1.24 bits per heavy atom. The summed E-state index contributed by atoms with van der Waals surface area (Å²) in [5, 5.41) is 20.9. The number of aromatic carboxylic acids is 1. The number of carboxylic acid groups (broad SMARTS) is 1. The molecule has 0 saturated carbocycles. The third-order valence-electron chi connectivity index (χ3n) is 3.03. The van der Waals surface area contributed by atoms with Gasteiger partial charge in [-0.25, -0.2) is 4.79 Å². The van der Waals surface area contributed by atoms with Gasteiger partial charge in [-0.3, -0.25) is 0 Å². The summed E-state index contributed by atoms with van der Waals surface area (Å²) in [7, 11) is 0. The zero-order valence-corrected chi connectivity index (χ0v) is 12.7. The van der Waals surface area contributed by atoms with Crippen molar-refractivity contribution in [3.8, 4) is 6.07 Å². The first-order valence-electron chi connectivity index (χ1n) is 6.36. The molecule has 2 aromatic rings. The van der Waals surface area contributed by atoms with Crippen LogP contribution in [0.15, 0.2) is 46.9 Å². The van der Waals surface area contributed by atoms with E-state index in [1.165, 1.54) is 0 Å². The monoisotopic (exact) mass is 344 g/mol. The number of nitriles is 1. The van der Waals surface area contributed by atoms with E-state index in [4.69, 9.17) is 10.4 Å². The summed E-state index contributed by atoms with van der Waals surface area (Å²) in [6, 6.07) is 14.4. The summed E-state index contributed by atoms with van der Waals surface area (Å²) < 4.78 is 0.765. The summed E-state index contributed by atoms with van der Waals surface area (Å²) in [6.07, 6.45) is 0.789. The van der Waals surface area contributed by atoms with Crippen LogP contribution in [0, 0.1) is 11.3 Å². The molecule has 0 heterocycles. The number of nitrogens with zero attached hydrogens (tertiary/aromatic N) is 1. The number of carbonyl (C=O) groups is 1. The van der Waals surface area contributed by atoms with Gasteiger partial charge in [0.25, 0.3) is 0 Å². The topological polar surface area (TPSA) is 73.1 Å². The van der Waals surface area contributed by atoms with Gasteiger partial charge in [0.15, 0.2) is 0 Å². The maximum Gasteiger partial charge on any atom is 0.335 e. The fraction of sp³-hybridized carbons (Fsp3) is 0.125. The molecule has 0 spiro atoms. The van der Waals surface area contributed by atoms with E-state index in [-0.39, 0.29) is 0 Å². The van der Waals surface area contributed by atoms with Crippen LogP contribution >= 0.6 is 15.9 Å². The molecule has 0 aliphatic heterocycles.